The van der Waals surface area contributed by atoms with Crippen molar-refractivity contribution in [2.45, 2.75) is 32.7 Å². The molecule has 2 heterocycles. The van der Waals surface area contributed by atoms with Gasteiger partial charge in [-0.25, -0.2) is 9.97 Å². The zero-order valence-electron chi connectivity index (χ0n) is 17.0. The quantitative estimate of drug-likeness (QED) is 0.423. The Morgan fingerprint density at radius 3 is 2.63 bits per heavy atom. The zero-order chi connectivity index (χ0) is 20.7. The van der Waals surface area contributed by atoms with Gasteiger partial charge in [-0.05, 0) is 32.8 Å². The van der Waals surface area contributed by atoms with Crippen LogP contribution >= 0.6 is 0 Å². The van der Waals surface area contributed by atoms with E-state index in [0.29, 0.717) is 24.0 Å². The molecule has 1 aliphatic rings. The minimum atomic E-state index is -0.0490. The third-order valence-corrected chi connectivity index (χ3v) is 5.37. The second kappa shape index (κ2) is 7.37. The maximum Gasteiger partial charge on any atom is 0.163 e. The van der Waals surface area contributed by atoms with Crippen LogP contribution in [0.3, 0.4) is 0 Å². The van der Waals surface area contributed by atoms with E-state index < -0.39 is 0 Å². The van der Waals surface area contributed by atoms with Gasteiger partial charge in [-0.1, -0.05) is 30.3 Å². The van der Waals surface area contributed by atoms with E-state index in [9.17, 15) is 4.79 Å². The highest BCUT2D eigenvalue weighted by Crippen LogP contribution is 2.40. The van der Waals surface area contributed by atoms with Crippen molar-refractivity contribution in [2.24, 2.45) is 0 Å². The number of ketones is 1. The molecule has 2 aromatic heterocycles. The molecule has 0 N–H and O–H groups in total. The van der Waals surface area contributed by atoms with Crippen LogP contribution in [0.2, 0.25) is 0 Å². The van der Waals surface area contributed by atoms with Gasteiger partial charge in [0.15, 0.2) is 5.78 Å². The number of hydrogen-bond acceptors (Lipinski definition) is 5. The largest absolute Gasteiger partial charge is 0.493 e. The molecule has 6 heteroatoms. The van der Waals surface area contributed by atoms with E-state index in [0.717, 1.165) is 46.3 Å². The first-order valence-corrected chi connectivity index (χ1v) is 10.2. The lowest BCUT2D eigenvalue weighted by atomic mass is 10.00. The van der Waals surface area contributed by atoms with E-state index in [-0.39, 0.29) is 5.78 Å². The standard InChI is InChI=1S/C24H22N4O2/c1-3-30-22-12-21-19(11-18(22)15(2)29)24(26-14-25-21)20-13-28(17-9-10-17)27-23(20)16-7-5-4-6-8-16/h4-8,11-14,17H,3,9-10H2,1-2H3. The molecule has 0 unspecified atom stereocenters. The predicted octanol–water partition coefficient (Wildman–Crippen LogP) is 5.10. The molecular weight excluding hydrogens is 376 g/mol. The molecule has 150 valence electrons. The number of fused-ring (bicyclic) bond motifs is 1. The van der Waals surface area contributed by atoms with Crippen molar-refractivity contribution in [3.05, 3.63) is 60.6 Å². The predicted molar refractivity (Wildman–Crippen MR) is 116 cm³/mol. The minimum Gasteiger partial charge on any atom is -0.493 e. The van der Waals surface area contributed by atoms with Crippen LogP contribution in [0.1, 0.15) is 43.1 Å². The third-order valence-electron chi connectivity index (χ3n) is 5.37. The van der Waals surface area contributed by atoms with Crippen molar-refractivity contribution in [1.29, 1.82) is 0 Å². The molecule has 0 atom stereocenters. The topological polar surface area (TPSA) is 69.9 Å². The Labute approximate surface area is 174 Å². The van der Waals surface area contributed by atoms with Crippen molar-refractivity contribution >= 4 is 16.7 Å². The summed E-state index contributed by atoms with van der Waals surface area (Å²) in [7, 11) is 0. The molecule has 0 saturated heterocycles. The summed E-state index contributed by atoms with van der Waals surface area (Å²) in [5.41, 5.74) is 4.93. The summed E-state index contributed by atoms with van der Waals surface area (Å²) in [6, 6.07) is 14.3. The SMILES string of the molecule is CCOc1cc2ncnc(-c3cn(C4CC4)nc3-c3ccccc3)c2cc1C(C)=O. The number of ether oxygens (including phenoxy) is 1. The third kappa shape index (κ3) is 3.24. The maximum atomic E-state index is 12.3. The molecule has 5 rings (SSSR count). The lowest BCUT2D eigenvalue weighted by molar-refractivity contribution is 0.101. The average Bonchev–Trinajstić information content (AvgIpc) is 3.52. The number of rotatable bonds is 6. The second-order valence-electron chi connectivity index (χ2n) is 7.55. The van der Waals surface area contributed by atoms with Crippen LogP contribution in [0.4, 0.5) is 0 Å². The molecule has 0 radical (unpaired) electrons. The monoisotopic (exact) mass is 398 g/mol. The molecule has 4 aromatic rings. The minimum absolute atomic E-state index is 0.0490. The zero-order valence-corrected chi connectivity index (χ0v) is 17.0. The average molecular weight is 398 g/mol. The Kier molecular flexibility index (Phi) is 4.54. The van der Waals surface area contributed by atoms with Crippen LogP contribution in [0.5, 0.6) is 5.75 Å². The van der Waals surface area contributed by atoms with Gasteiger partial charge in [0, 0.05) is 28.8 Å². The summed E-state index contributed by atoms with van der Waals surface area (Å²) >= 11 is 0. The molecule has 0 spiro atoms. The van der Waals surface area contributed by atoms with Crippen LogP contribution in [-0.4, -0.2) is 32.1 Å². The summed E-state index contributed by atoms with van der Waals surface area (Å²) in [5.74, 6) is 0.506. The lowest BCUT2D eigenvalue weighted by Crippen LogP contribution is -2.02. The van der Waals surface area contributed by atoms with Crippen LogP contribution < -0.4 is 4.74 Å². The van der Waals surface area contributed by atoms with Crippen LogP contribution in [0.25, 0.3) is 33.4 Å². The van der Waals surface area contributed by atoms with Crippen LogP contribution in [0, 0.1) is 0 Å². The van der Waals surface area contributed by atoms with Gasteiger partial charge >= 0.3 is 0 Å². The van der Waals surface area contributed by atoms with Crippen molar-refractivity contribution in [3.63, 3.8) is 0 Å². The number of aromatic nitrogens is 4. The number of Topliss-reactive ketones (excluding diaryl/α,β-unsaturated/α-hetero) is 1. The first-order valence-electron chi connectivity index (χ1n) is 10.2. The van der Waals surface area contributed by atoms with Gasteiger partial charge in [-0.3, -0.25) is 9.48 Å². The molecule has 1 aliphatic carbocycles. The van der Waals surface area contributed by atoms with Gasteiger partial charge in [0.25, 0.3) is 0 Å². The van der Waals surface area contributed by atoms with E-state index in [1.807, 2.05) is 41.9 Å². The van der Waals surface area contributed by atoms with Gasteiger partial charge < -0.3 is 4.74 Å². The highest BCUT2D eigenvalue weighted by Gasteiger charge is 2.27. The Hall–Kier alpha value is -3.54. The Balaban J connectivity index is 1.75. The molecule has 30 heavy (non-hydrogen) atoms. The van der Waals surface area contributed by atoms with Gasteiger partial charge in [-0.2, -0.15) is 5.10 Å². The number of benzene rings is 2. The van der Waals surface area contributed by atoms with Gasteiger partial charge in [0.1, 0.15) is 17.8 Å². The lowest BCUT2D eigenvalue weighted by Gasteiger charge is -2.11. The van der Waals surface area contributed by atoms with Crippen molar-refractivity contribution in [2.75, 3.05) is 6.61 Å². The number of carbonyl (C=O) groups is 1. The molecule has 0 amide bonds. The smallest absolute Gasteiger partial charge is 0.163 e. The molecular formula is C24H22N4O2. The van der Waals surface area contributed by atoms with E-state index in [1.54, 1.807) is 13.3 Å². The molecule has 1 saturated carbocycles. The summed E-state index contributed by atoms with van der Waals surface area (Å²) in [6.45, 7) is 3.93. The molecule has 6 nitrogen and oxygen atoms in total. The normalized spacial score (nSPS) is 13.5. The van der Waals surface area contributed by atoms with Crippen molar-refractivity contribution < 1.29 is 9.53 Å². The van der Waals surface area contributed by atoms with E-state index >= 15 is 0 Å². The fourth-order valence-corrected chi connectivity index (χ4v) is 3.75. The Bertz CT molecular complexity index is 1240. The summed E-state index contributed by atoms with van der Waals surface area (Å²) in [4.78, 5) is 21.3. The summed E-state index contributed by atoms with van der Waals surface area (Å²) < 4.78 is 7.74. The molecule has 2 aromatic carbocycles. The number of carbonyl (C=O) groups excluding carboxylic acids is 1. The summed E-state index contributed by atoms with van der Waals surface area (Å²) in [6.07, 6.45) is 5.92. The van der Waals surface area contributed by atoms with E-state index in [1.165, 1.54) is 0 Å². The molecule has 0 aliphatic heterocycles. The Morgan fingerprint density at radius 2 is 1.93 bits per heavy atom. The number of nitrogens with zero attached hydrogens (tertiary/aromatic N) is 4. The first-order chi connectivity index (χ1) is 14.7. The van der Waals surface area contributed by atoms with E-state index in [4.69, 9.17) is 9.84 Å². The van der Waals surface area contributed by atoms with Crippen molar-refractivity contribution in [1.82, 2.24) is 19.7 Å². The fourth-order valence-electron chi connectivity index (χ4n) is 3.75. The summed E-state index contributed by atoms with van der Waals surface area (Å²) in [5, 5.41) is 5.71. The van der Waals surface area contributed by atoms with Crippen LogP contribution in [-0.2, 0) is 0 Å². The van der Waals surface area contributed by atoms with Crippen molar-refractivity contribution in [3.8, 4) is 28.3 Å². The molecule has 0 bridgehead atoms. The maximum absolute atomic E-state index is 12.3. The Morgan fingerprint density at radius 1 is 1.13 bits per heavy atom. The first kappa shape index (κ1) is 18.5. The molecule has 1 fully saturated rings. The fraction of sp³-hybridized carbons (Fsp3) is 0.250. The van der Waals surface area contributed by atoms with Crippen LogP contribution in [0.15, 0.2) is 55.0 Å². The van der Waals surface area contributed by atoms with Gasteiger partial charge in [0.05, 0.1) is 29.4 Å². The van der Waals surface area contributed by atoms with E-state index in [2.05, 4.69) is 28.3 Å². The van der Waals surface area contributed by atoms with Gasteiger partial charge in [0.2, 0.25) is 0 Å². The van der Waals surface area contributed by atoms with Gasteiger partial charge in [-0.15, -0.1) is 0 Å². The highest BCUT2D eigenvalue weighted by atomic mass is 16.5. The highest BCUT2D eigenvalue weighted by molar-refractivity contribution is 6.04. The number of hydrogen-bond donors (Lipinski definition) is 0. The second-order valence-corrected chi connectivity index (χ2v) is 7.55.